The lowest BCUT2D eigenvalue weighted by Crippen LogP contribution is -2.62. The fraction of sp³-hybridized carbons (Fsp3) is 0.850. The van der Waals surface area contributed by atoms with Gasteiger partial charge in [-0.15, -0.1) is 0 Å². The first-order valence-corrected chi connectivity index (χ1v) is 9.14. The van der Waals surface area contributed by atoms with Gasteiger partial charge in [-0.2, -0.15) is 0 Å². The van der Waals surface area contributed by atoms with Crippen LogP contribution < -0.4 is 0 Å². The topological polar surface area (TPSA) is 37.3 Å². The average molecular weight is 302 g/mol. The summed E-state index contributed by atoms with van der Waals surface area (Å²) in [6.45, 7) is 11.2. The molecule has 2 heteroatoms. The van der Waals surface area contributed by atoms with Gasteiger partial charge in [-0.3, -0.25) is 4.79 Å². The molecule has 4 aliphatic carbocycles. The Morgan fingerprint density at radius 1 is 1.14 bits per heavy atom. The number of ketones is 1. The van der Waals surface area contributed by atoms with Crippen LogP contribution in [0.1, 0.15) is 65.7 Å². The fourth-order valence-corrected chi connectivity index (χ4v) is 7.63. The molecule has 0 aromatic rings. The lowest BCUT2D eigenvalue weighted by molar-refractivity contribution is -0.198. The van der Waals surface area contributed by atoms with Crippen molar-refractivity contribution in [3.63, 3.8) is 0 Å². The number of carbonyl (C=O) groups excluding carboxylic acids is 1. The molecule has 0 saturated heterocycles. The molecule has 4 aliphatic rings. The van der Waals surface area contributed by atoms with Crippen LogP contribution in [0.4, 0.5) is 0 Å². The molecule has 0 aliphatic heterocycles. The smallest absolute Gasteiger partial charge is 0.165 e. The van der Waals surface area contributed by atoms with Crippen molar-refractivity contribution >= 4 is 5.78 Å². The largest absolute Gasteiger partial charge is 0.393 e. The molecule has 0 aromatic carbocycles. The van der Waals surface area contributed by atoms with Crippen molar-refractivity contribution in [2.75, 3.05) is 0 Å². The van der Waals surface area contributed by atoms with E-state index in [0.29, 0.717) is 30.0 Å². The minimum Gasteiger partial charge on any atom is -0.393 e. The van der Waals surface area contributed by atoms with Gasteiger partial charge in [0.1, 0.15) is 0 Å². The second-order valence-corrected chi connectivity index (χ2v) is 9.64. The summed E-state index contributed by atoms with van der Waals surface area (Å²) < 4.78 is 0. The third-order valence-corrected chi connectivity index (χ3v) is 8.16. The molecule has 122 valence electrons. The van der Waals surface area contributed by atoms with Crippen LogP contribution in [-0.4, -0.2) is 17.0 Å². The molecular weight excluding hydrogens is 272 g/mol. The number of hydrogen-bond acceptors (Lipinski definition) is 2. The molecular formula is C20H30O2. The number of Topliss-reactive ketones (excluding diaryl/α,β-unsaturated/α-hetero) is 1. The van der Waals surface area contributed by atoms with Crippen LogP contribution in [0, 0.1) is 34.0 Å². The van der Waals surface area contributed by atoms with Gasteiger partial charge in [0.2, 0.25) is 0 Å². The summed E-state index contributed by atoms with van der Waals surface area (Å²) in [6, 6.07) is 0. The van der Waals surface area contributed by atoms with Gasteiger partial charge < -0.3 is 5.11 Å². The molecule has 4 saturated carbocycles. The first-order valence-electron chi connectivity index (χ1n) is 9.14. The standard InChI is InChI=1S/C20H30O2/c1-12-13-6-7-15-19(4)9-5-8-18(2,3)16(19)14(21)11-20(15,10-13)17(12)22/h13-16,21H,1,5-11H2,2-4H3/t13-,14+,15+,16-,19+,20+/m1/s1. The van der Waals surface area contributed by atoms with Gasteiger partial charge >= 0.3 is 0 Å². The number of rotatable bonds is 0. The van der Waals surface area contributed by atoms with Crippen molar-refractivity contribution in [2.45, 2.75) is 71.8 Å². The molecule has 0 amide bonds. The van der Waals surface area contributed by atoms with E-state index in [1.165, 1.54) is 19.3 Å². The summed E-state index contributed by atoms with van der Waals surface area (Å²) in [5, 5.41) is 11.1. The van der Waals surface area contributed by atoms with Gasteiger partial charge in [-0.1, -0.05) is 33.8 Å². The molecule has 0 heterocycles. The highest BCUT2D eigenvalue weighted by Gasteiger charge is 2.68. The van der Waals surface area contributed by atoms with E-state index >= 15 is 0 Å². The number of carbonyl (C=O) groups is 1. The summed E-state index contributed by atoms with van der Waals surface area (Å²) in [5.41, 5.74) is 0.888. The summed E-state index contributed by atoms with van der Waals surface area (Å²) in [5.74, 6) is 1.49. The van der Waals surface area contributed by atoms with Crippen molar-refractivity contribution in [2.24, 2.45) is 34.0 Å². The molecule has 0 unspecified atom stereocenters. The van der Waals surface area contributed by atoms with E-state index in [9.17, 15) is 9.90 Å². The molecule has 1 spiro atoms. The van der Waals surface area contributed by atoms with Gasteiger partial charge in [0, 0.05) is 5.41 Å². The van der Waals surface area contributed by atoms with Crippen molar-refractivity contribution in [1.82, 2.24) is 0 Å². The summed E-state index contributed by atoms with van der Waals surface area (Å²) in [4.78, 5) is 13.1. The summed E-state index contributed by atoms with van der Waals surface area (Å²) in [7, 11) is 0. The predicted molar refractivity (Wildman–Crippen MR) is 87.3 cm³/mol. The average Bonchev–Trinajstić information content (AvgIpc) is 2.58. The van der Waals surface area contributed by atoms with Crippen LogP contribution in [0.25, 0.3) is 0 Å². The third-order valence-electron chi connectivity index (χ3n) is 8.16. The highest BCUT2D eigenvalue weighted by Crippen LogP contribution is 2.70. The Kier molecular flexibility index (Phi) is 2.89. The lowest BCUT2D eigenvalue weighted by atomic mass is 9.40. The van der Waals surface area contributed by atoms with E-state index in [0.717, 1.165) is 24.8 Å². The van der Waals surface area contributed by atoms with Crippen molar-refractivity contribution in [3.05, 3.63) is 12.2 Å². The Balaban J connectivity index is 1.84. The van der Waals surface area contributed by atoms with Crippen LogP contribution in [0.5, 0.6) is 0 Å². The summed E-state index contributed by atoms with van der Waals surface area (Å²) >= 11 is 0. The first kappa shape index (κ1) is 14.9. The molecule has 2 nitrogen and oxygen atoms in total. The van der Waals surface area contributed by atoms with Gasteiger partial charge in [0.25, 0.3) is 0 Å². The highest BCUT2D eigenvalue weighted by atomic mass is 16.3. The molecule has 0 radical (unpaired) electrons. The van der Waals surface area contributed by atoms with Crippen LogP contribution in [0.3, 0.4) is 0 Å². The molecule has 1 N–H and O–H groups in total. The molecule has 4 rings (SSSR count). The number of allylic oxidation sites excluding steroid dienone is 1. The van der Waals surface area contributed by atoms with E-state index in [-0.39, 0.29) is 22.3 Å². The van der Waals surface area contributed by atoms with E-state index in [4.69, 9.17) is 0 Å². The Morgan fingerprint density at radius 2 is 1.86 bits per heavy atom. The third kappa shape index (κ3) is 1.58. The number of aliphatic hydroxyl groups excluding tert-OH is 1. The first-order chi connectivity index (χ1) is 10.2. The normalized spacial score (nSPS) is 53.1. The van der Waals surface area contributed by atoms with Gasteiger partial charge in [-0.05, 0) is 72.7 Å². The molecule has 4 fully saturated rings. The maximum Gasteiger partial charge on any atom is 0.165 e. The monoisotopic (exact) mass is 302 g/mol. The number of aliphatic hydroxyl groups is 1. The zero-order valence-corrected chi connectivity index (χ0v) is 14.3. The Bertz CT molecular complexity index is 548. The highest BCUT2D eigenvalue weighted by molar-refractivity contribution is 6.03. The second kappa shape index (κ2) is 4.26. The second-order valence-electron chi connectivity index (χ2n) is 9.64. The fourth-order valence-electron chi connectivity index (χ4n) is 7.63. The minimum absolute atomic E-state index is 0.116. The van der Waals surface area contributed by atoms with Gasteiger partial charge in [-0.25, -0.2) is 0 Å². The van der Waals surface area contributed by atoms with Crippen molar-refractivity contribution in [1.29, 1.82) is 0 Å². The van der Waals surface area contributed by atoms with Crippen molar-refractivity contribution in [3.8, 4) is 0 Å². The molecule has 0 aromatic heterocycles. The SMILES string of the molecule is C=C1C(=O)[C@]23C[C@H]1CC[C@H]2[C@]1(C)CCCC(C)(C)[C@H]1[C@@H](O)C3. The zero-order chi connectivity index (χ0) is 15.9. The zero-order valence-electron chi connectivity index (χ0n) is 14.3. The van der Waals surface area contributed by atoms with Crippen LogP contribution in [-0.2, 0) is 4.79 Å². The molecule has 6 atom stereocenters. The predicted octanol–water partition coefficient (Wildman–Crippen LogP) is 4.13. The molecule has 2 bridgehead atoms. The maximum atomic E-state index is 13.1. The van der Waals surface area contributed by atoms with E-state index in [1.807, 2.05) is 0 Å². The van der Waals surface area contributed by atoms with E-state index in [1.54, 1.807) is 0 Å². The van der Waals surface area contributed by atoms with Crippen LogP contribution in [0.2, 0.25) is 0 Å². The van der Waals surface area contributed by atoms with Gasteiger partial charge in [0.15, 0.2) is 5.78 Å². The van der Waals surface area contributed by atoms with Crippen LogP contribution in [0.15, 0.2) is 12.2 Å². The Hall–Kier alpha value is -0.630. The number of hydrogen-bond donors (Lipinski definition) is 1. The molecule has 22 heavy (non-hydrogen) atoms. The van der Waals surface area contributed by atoms with Gasteiger partial charge in [0.05, 0.1) is 6.10 Å². The lowest BCUT2D eigenvalue weighted by Gasteiger charge is -2.64. The number of fused-ring (bicyclic) bond motifs is 3. The summed E-state index contributed by atoms with van der Waals surface area (Å²) in [6.07, 6.45) is 7.23. The van der Waals surface area contributed by atoms with E-state index in [2.05, 4.69) is 27.4 Å². The Labute approximate surface area is 134 Å². The minimum atomic E-state index is -0.329. The van der Waals surface area contributed by atoms with Crippen molar-refractivity contribution < 1.29 is 9.90 Å². The Morgan fingerprint density at radius 3 is 2.59 bits per heavy atom. The maximum absolute atomic E-state index is 13.1. The van der Waals surface area contributed by atoms with Crippen LogP contribution >= 0.6 is 0 Å². The van der Waals surface area contributed by atoms with E-state index < -0.39 is 0 Å². The quantitative estimate of drug-likeness (QED) is 0.683.